The highest BCUT2D eigenvalue weighted by molar-refractivity contribution is 7.99. The zero-order valence-electron chi connectivity index (χ0n) is 11.2. The number of rotatable bonds is 5. The summed E-state index contributed by atoms with van der Waals surface area (Å²) in [5, 5.41) is 3.29. The minimum Gasteiger partial charge on any atom is -0.353 e. The zero-order valence-corrected chi connectivity index (χ0v) is 12.0. The van der Waals surface area contributed by atoms with Crippen molar-refractivity contribution >= 4 is 28.7 Å². The molecule has 0 aliphatic carbocycles. The van der Waals surface area contributed by atoms with Gasteiger partial charge in [-0.3, -0.25) is 4.79 Å². The van der Waals surface area contributed by atoms with Crippen molar-refractivity contribution in [3.63, 3.8) is 0 Å². The predicted octanol–water partition coefficient (Wildman–Crippen LogP) is 2.85. The molecule has 20 heavy (non-hydrogen) atoms. The number of fused-ring (bicyclic) bond motifs is 1. The van der Waals surface area contributed by atoms with Gasteiger partial charge in [-0.25, -0.2) is 13.8 Å². The fraction of sp³-hybridized carbons (Fsp3) is 0.385. The van der Waals surface area contributed by atoms with Crippen molar-refractivity contribution in [3.05, 3.63) is 23.8 Å². The molecule has 0 aliphatic rings. The molecule has 1 atom stereocenters. The zero-order chi connectivity index (χ0) is 14.7. The van der Waals surface area contributed by atoms with Crippen LogP contribution < -0.4 is 5.32 Å². The number of benzene rings is 1. The van der Waals surface area contributed by atoms with E-state index in [2.05, 4.69) is 15.3 Å². The number of hydrogen-bond acceptors (Lipinski definition) is 3. The van der Waals surface area contributed by atoms with Crippen LogP contribution in [-0.2, 0) is 4.79 Å². The molecule has 4 nitrogen and oxygen atoms in total. The fourth-order valence-electron chi connectivity index (χ4n) is 1.60. The third-order valence-electron chi connectivity index (χ3n) is 2.86. The molecule has 0 aliphatic heterocycles. The first-order valence-electron chi connectivity index (χ1n) is 6.26. The molecule has 0 saturated heterocycles. The summed E-state index contributed by atoms with van der Waals surface area (Å²) in [6, 6.07) is 2.22. The van der Waals surface area contributed by atoms with Crippen LogP contribution in [0.3, 0.4) is 0 Å². The number of amides is 1. The van der Waals surface area contributed by atoms with Crippen LogP contribution in [-0.4, -0.2) is 27.7 Å². The van der Waals surface area contributed by atoms with Crippen LogP contribution in [0, 0.1) is 11.6 Å². The maximum absolute atomic E-state index is 13.1. The summed E-state index contributed by atoms with van der Waals surface area (Å²) in [7, 11) is 0. The Balaban J connectivity index is 2.02. The first-order valence-corrected chi connectivity index (χ1v) is 7.25. The van der Waals surface area contributed by atoms with Gasteiger partial charge < -0.3 is 10.3 Å². The van der Waals surface area contributed by atoms with Gasteiger partial charge in [0.15, 0.2) is 16.8 Å². The quantitative estimate of drug-likeness (QED) is 0.835. The fourth-order valence-corrected chi connectivity index (χ4v) is 2.30. The summed E-state index contributed by atoms with van der Waals surface area (Å²) in [4.78, 5) is 18.6. The van der Waals surface area contributed by atoms with Crippen LogP contribution in [0.15, 0.2) is 17.3 Å². The second-order valence-corrected chi connectivity index (χ2v) is 5.45. The molecule has 0 radical (unpaired) electrons. The third kappa shape index (κ3) is 3.47. The number of halogens is 2. The third-order valence-corrected chi connectivity index (χ3v) is 3.74. The Morgan fingerprint density at radius 3 is 2.85 bits per heavy atom. The smallest absolute Gasteiger partial charge is 0.230 e. The van der Waals surface area contributed by atoms with E-state index in [1.54, 1.807) is 0 Å². The Morgan fingerprint density at radius 2 is 2.15 bits per heavy atom. The van der Waals surface area contributed by atoms with Crippen LogP contribution in [0.2, 0.25) is 0 Å². The van der Waals surface area contributed by atoms with Crippen LogP contribution >= 0.6 is 11.8 Å². The lowest BCUT2D eigenvalue weighted by Gasteiger charge is -2.10. The summed E-state index contributed by atoms with van der Waals surface area (Å²) in [5.41, 5.74) is 0.752. The number of carbonyl (C=O) groups is 1. The van der Waals surface area contributed by atoms with Gasteiger partial charge in [0.2, 0.25) is 5.91 Å². The van der Waals surface area contributed by atoms with Crippen molar-refractivity contribution < 1.29 is 13.6 Å². The molecule has 0 bridgehead atoms. The lowest BCUT2D eigenvalue weighted by Crippen LogP contribution is -2.33. The highest BCUT2D eigenvalue weighted by Gasteiger charge is 2.11. The number of nitrogens with zero attached hydrogens (tertiary/aromatic N) is 1. The summed E-state index contributed by atoms with van der Waals surface area (Å²) < 4.78 is 26.1. The molecule has 108 valence electrons. The number of thioether (sulfide) groups is 1. The maximum Gasteiger partial charge on any atom is 0.230 e. The van der Waals surface area contributed by atoms with Gasteiger partial charge in [-0.15, -0.1) is 0 Å². The molecule has 2 rings (SSSR count). The van der Waals surface area contributed by atoms with Gasteiger partial charge in [-0.2, -0.15) is 0 Å². The molecular weight excluding hydrogens is 284 g/mol. The predicted molar refractivity (Wildman–Crippen MR) is 74.6 cm³/mol. The number of carbonyl (C=O) groups excluding carboxylic acids is 1. The van der Waals surface area contributed by atoms with E-state index in [0.29, 0.717) is 16.2 Å². The molecule has 0 saturated carbocycles. The Hall–Kier alpha value is -1.63. The Labute approximate surface area is 119 Å². The second-order valence-electron chi connectivity index (χ2n) is 4.49. The first-order chi connectivity index (χ1) is 9.49. The van der Waals surface area contributed by atoms with E-state index >= 15 is 0 Å². The number of imidazole rings is 1. The van der Waals surface area contributed by atoms with E-state index in [1.165, 1.54) is 11.8 Å². The molecule has 1 aromatic carbocycles. The standard InChI is InChI=1S/C13H15F2N3OS/c1-3-7(2)16-12(19)6-20-13-17-10-4-8(14)9(15)5-11(10)18-13/h4-5,7H,3,6H2,1-2H3,(H,16,19)(H,17,18). The first kappa shape index (κ1) is 14.8. The number of aromatic nitrogens is 2. The molecule has 1 unspecified atom stereocenters. The van der Waals surface area contributed by atoms with E-state index in [0.717, 1.165) is 18.6 Å². The lowest BCUT2D eigenvalue weighted by atomic mass is 10.3. The average molecular weight is 299 g/mol. The average Bonchev–Trinajstić information content (AvgIpc) is 2.78. The number of hydrogen-bond donors (Lipinski definition) is 2. The van der Waals surface area contributed by atoms with E-state index in [9.17, 15) is 13.6 Å². The summed E-state index contributed by atoms with van der Waals surface area (Å²) in [6.45, 7) is 3.91. The number of H-pyrrole nitrogens is 1. The van der Waals surface area contributed by atoms with Gasteiger partial charge in [0.05, 0.1) is 16.8 Å². The molecule has 2 aromatic rings. The molecule has 2 N–H and O–H groups in total. The van der Waals surface area contributed by atoms with Gasteiger partial charge >= 0.3 is 0 Å². The van der Waals surface area contributed by atoms with Crippen molar-refractivity contribution in [1.82, 2.24) is 15.3 Å². The highest BCUT2D eigenvalue weighted by Crippen LogP contribution is 2.21. The normalized spacial score (nSPS) is 12.6. The largest absolute Gasteiger partial charge is 0.353 e. The van der Waals surface area contributed by atoms with Gasteiger partial charge in [0.25, 0.3) is 0 Å². The summed E-state index contributed by atoms with van der Waals surface area (Å²) in [6.07, 6.45) is 0.861. The number of nitrogens with one attached hydrogen (secondary N) is 2. The van der Waals surface area contributed by atoms with E-state index in [4.69, 9.17) is 0 Å². The molecule has 0 fully saturated rings. The van der Waals surface area contributed by atoms with Crippen molar-refractivity contribution in [1.29, 1.82) is 0 Å². The Morgan fingerprint density at radius 1 is 1.45 bits per heavy atom. The summed E-state index contributed by atoms with van der Waals surface area (Å²) >= 11 is 1.19. The van der Waals surface area contributed by atoms with Crippen LogP contribution in [0.1, 0.15) is 20.3 Å². The Kier molecular flexibility index (Phi) is 4.59. The molecule has 7 heteroatoms. The molecule has 1 heterocycles. The van der Waals surface area contributed by atoms with Crippen molar-refractivity contribution in [2.24, 2.45) is 0 Å². The summed E-state index contributed by atoms with van der Waals surface area (Å²) in [5.74, 6) is -1.75. The van der Waals surface area contributed by atoms with Crippen LogP contribution in [0.25, 0.3) is 11.0 Å². The number of aromatic amines is 1. The van der Waals surface area contributed by atoms with Crippen LogP contribution in [0.4, 0.5) is 8.78 Å². The SMILES string of the molecule is CCC(C)NC(=O)CSc1nc2cc(F)c(F)cc2[nH]1. The molecule has 0 spiro atoms. The maximum atomic E-state index is 13.1. The Bertz CT molecular complexity index is 590. The van der Waals surface area contributed by atoms with Crippen molar-refractivity contribution in [2.45, 2.75) is 31.5 Å². The molecule has 1 aromatic heterocycles. The van der Waals surface area contributed by atoms with E-state index in [-0.39, 0.29) is 17.7 Å². The van der Waals surface area contributed by atoms with Gasteiger partial charge in [-0.1, -0.05) is 18.7 Å². The van der Waals surface area contributed by atoms with E-state index < -0.39 is 11.6 Å². The topological polar surface area (TPSA) is 57.8 Å². The minimum atomic E-state index is -0.935. The van der Waals surface area contributed by atoms with Gasteiger partial charge in [0, 0.05) is 18.2 Å². The van der Waals surface area contributed by atoms with Crippen molar-refractivity contribution in [2.75, 3.05) is 5.75 Å². The monoisotopic (exact) mass is 299 g/mol. The minimum absolute atomic E-state index is 0.0952. The van der Waals surface area contributed by atoms with Gasteiger partial charge in [0.1, 0.15) is 0 Å². The van der Waals surface area contributed by atoms with Gasteiger partial charge in [-0.05, 0) is 13.3 Å². The molecular formula is C13H15F2N3OS. The highest BCUT2D eigenvalue weighted by atomic mass is 32.2. The second kappa shape index (κ2) is 6.21. The van der Waals surface area contributed by atoms with Crippen molar-refractivity contribution in [3.8, 4) is 0 Å². The lowest BCUT2D eigenvalue weighted by molar-refractivity contribution is -0.119. The molecule has 1 amide bonds. The van der Waals surface area contributed by atoms with E-state index in [1.807, 2.05) is 13.8 Å². The van der Waals surface area contributed by atoms with Crippen LogP contribution in [0.5, 0.6) is 0 Å².